The number of carbonyl (C=O) groups is 1. The number of aliphatic carboxylic acids is 1. The molecule has 1 unspecified atom stereocenters. The molecule has 1 aromatic heterocycles. The quantitative estimate of drug-likeness (QED) is 0.0784. The normalized spacial score (nSPS) is 15.3. The lowest BCUT2D eigenvalue weighted by molar-refractivity contribution is -0.145. The summed E-state index contributed by atoms with van der Waals surface area (Å²) < 4.78 is 12.5. The maximum atomic E-state index is 11.9. The number of aromatic nitrogens is 1. The van der Waals surface area contributed by atoms with Crippen molar-refractivity contribution in [3.8, 4) is 39.8 Å². The minimum Gasteiger partial charge on any atom is -0.488 e. The van der Waals surface area contributed by atoms with E-state index in [0.717, 1.165) is 47.2 Å². The SMILES string of the molecule is Cc1c(COc2cc(OCc3cncc(C#N)c3)c(CN[C@@](C)(CO)C(=O)O)cc2Cl)cccc1-c1cccc(-c2ccc(C3CCCN3CCO)cc2)c1C. The van der Waals surface area contributed by atoms with E-state index in [4.69, 9.17) is 21.1 Å². The fraction of sp³-hybridized carbons (Fsp3) is 0.311. The van der Waals surface area contributed by atoms with Gasteiger partial charge in [0.25, 0.3) is 0 Å². The summed E-state index contributed by atoms with van der Waals surface area (Å²) in [6.45, 7) is 7.24. The van der Waals surface area contributed by atoms with E-state index in [2.05, 4.69) is 83.6 Å². The first-order valence-corrected chi connectivity index (χ1v) is 19.1. The van der Waals surface area contributed by atoms with Gasteiger partial charge < -0.3 is 24.8 Å². The highest BCUT2D eigenvalue weighted by Crippen LogP contribution is 2.38. The van der Waals surface area contributed by atoms with Crippen LogP contribution in [0.15, 0.2) is 91.3 Å². The predicted octanol–water partition coefficient (Wildman–Crippen LogP) is 7.77. The molecule has 1 saturated heterocycles. The molecule has 56 heavy (non-hydrogen) atoms. The minimum absolute atomic E-state index is 0.0304. The molecule has 1 aliphatic heterocycles. The Bertz CT molecular complexity index is 2220. The van der Waals surface area contributed by atoms with Gasteiger partial charge in [0.15, 0.2) is 0 Å². The van der Waals surface area contributed by atoms with Crippen LogP contribution in [0, 0.1) is 25.2 Å². The molecular formula is C45H47ClN4O6. The van der Waals surface area contributed by atoms with Gasteiger partial charge in [0.2, 0.25) is 0 Å². The van der Waals surface area contributed by atoms with E-state index in [1.165, 1.54) is 29.8 Å². The number of nitrogens with one attached hydrogen (secondary N) is 1. The van der Waals surface area contributed by atoms with Gasteiger partial charge in [-0.05, 0) is 96.8 Å². The number of likely N-dealkylation sites (tertiary alicyclic amines) is 1. The molecule has 0 amide bonds. The van der Waals surface area contributed by atoms with Gasteiger partial charge in [-0.15, -0.1) is 0 Å². The van der Waals surface area contributed by atoms with Crippen LogP contribution in [0.4, 0.5) is 0 Å². The van der Waals surface area contributed by atoms with Crippen LogP contribution in [0.2, 0.25) is 5.02 Å². The molecule has 290 valence electrons. The van der Waals surface area contributed by atoms with E-state index < -0.39 is 18.1 Å². The Morgan fingerprint density at radius 3 is 2.38 bits per heavy atom. The van der Waals surface area contributed by atoms with Crippen LogP contribution in [0.3, 0.4) is 0 Å². The lowest BCUT2D eigenvalue weighted by Gasteiger charge is -2.25. The molecular weight excluding hydrogens is 728 g/mol. The fourth-order valence-corrected chi connectivity index (χ4v) is 7.49. The van der Waals surface area contributed by atoms with Gasteiger partial charge in [0.1, 0.15) is 36.3 Å². The molecule has 2 atom stereocenters. The summed E-state index contributed by atoms with van der Waals surface area (Å²) in [7, 11) is 0. The van der Waals surface area contributed by atoms with Gasteiger partial charge >= 0.3 is 5.97 Å². The van der Waals surface area contributed by atoms with E-state index >= 15 is 0 Å². The lowest BCUT2D eigenvalue weighted by atomic mass is 9.89. The Labute approximate surface area is 332 Å². The van der Waals surface area contributed by atoms with Crippen molar-refractivity contribution in [1.82, 2.24) is 15.2 Å². The van der Waals surface area contributed by atoms with Crippen molar-refractivity contribution in [2.24, 2.45) is 0 Å². The van der Waals surface area contributed by atoms with E-state index in [1.807, 2.05) is 12.1 Å². The fourth-order valence-electron chi connectivity index (χ4n) is 7.25. The van der Waals surface area contributed by atoms with Gasteiger partial charge in [-0.1, -0.05) is 72.3 Å². The Balaban J connectivity index is 1.23. The molecule has 1 aliphatic rings. The molecule has 2 heterocycles. The summed E-state index contributed by atoms with van der Waals surface area (Å²) in [6, 6.07) is 28.9. The van der Waals surface area contributed by atoms with Gasteiger partial charge in [0.05, 0.1) is 23.8 Å². The second-order valence-corrected chi connectivity index (χ2v) is 14.8. The molecule has 4 N–H and O–H groups in total. The van der Waals surface area contributed by atoms with Crippen molar-refractivity contribution in [3.63, 3.8) is 0 Å². The van der Waals surface area contributed by atoms with Crippen LogP contribution in [-0.2, 0) is 24.6 Å². The minimum atomic E-state index is -1.59. The Morgan fingerprint density at radius 2 is 1.66 bits per heavy atom. The molecule has 0 bridgehead atoms. The maximum absolute atomic E-state index is 11.9. The number of carboxylic acids is 1. The molecule has 0 saturated carbocycles. The third-order valence-electron chi connectivity index (χ3n) is 10.7. The molecule has 0 aliphatic carbocycles. The van der Waals surface area contributed by atoms with Crippen LogP contribution >= 0.6 is 11.6 Å². The van der Waals surface area contributed by atoms with E-state index in [-0.39, 0.29) is 26.4 Å². The molecule has 11 heteroatoms. The number of β-amino-alcohol motifs (C(OH)–C–C–N with tert-alkyl or cyclic N) is 1. The van der Waals surface area contributed by atoms with E-state index in [0.29, 0.717) is 45.8 Å². The molecule has 4 aromatic carbocycles. The zero-order valence-electron chi connectivity index (χ0n) is 31.9. The molecule has 0 radical (unpaired) electrons. The van der Waals surface area contributed by atoms with Gasteiger partial charge in [-0.3, -0.25) is 20.0 Å². The zero-order chi connectivity index (χ0) is 39.8. The van der Waals surface area contributed by atoms with Crippen molar-refractivity contribution in [3.05, 3.63) is 135 Å². The number of hydrogen-bond donors (Lipinski definition) is 4. The lowest BCUT2D eigenvalue weighted by Crippen LogP contribution is -2.52. The number of nitriles is 1. The summed E-state index contributed by atoms with van der Waals surface area (Å²) in [5, 5.41) is 41.5. The highest BCUT2D eigenvalue weighted by atomic mass is 35.5. The standard InChI is InChI=1S/C45H47ClN4O6/c1-29-35(7-4-9-38(29)39-10-5-8-37(30(39)2)33-12-14-34(15-13-33)41-11-6-16-50(41)17-18-51)27-56-43-21-42(55-26-32-19-31(22-47)23-48-24-32)36(20-40(43)46)25-49-45(3,28-52)44(53)54/h4-5,7-10,12-15,19-21,23-24,41,49,51-52H,6,11,16-18,25-28H2,1-3H3,(H,53,54)/t41?,45-/m0/s1. The number of nitrogens with zero attached hydrogens (tertiary/aromatic N) is 3. The molecule has 6 rings (SSSR count). The van der Waals surface area contributed by atoms with Crippen molar-refractivity contribution in [2.45, 2.75) is 65.0 Å². The second kappa shape index (κ2) is 18.1. The largest absolute Gasteiger partial charge is 0.488 e. The van der Waals surface area contributed by atoms with Crippen LogP contribution in [0.25, 0.3) is 22.3 Å². The average molecular weight is 775 g/mol. The van der Waals surface area contributed by atoms with Crippen molar-refractivity contribution < 1.29 is 29.6 Å². The molecule has 1 fully saturated rings. The monoisotopic (exact) mass is 774 g/mol. The number of ether oxygens (including phenoxy) is 2. The van der Waals surface area contributed by atoms with Crippen molar-refractivity contribution in [1.29, 1.82) is 5.26 Å². The topological polar surface area (TPSA) is 148 Å². The number of pyridine rings is 1. The number of halogens is 1. The van der Waals surface area contributed by atoms with E-state index in [1.54, 1.807) is 24.4 Å². The highest BCUT2D eigenvalue weighted by molar-refractivity contribution is 6.32. The van der Waals surface area contributed by atoms with Gasteiger partial charge in [-0.2, -0.15) is 5.26 Å². The van der Waals surface area contributed by atoms with Crippen LogP contribution in [0.5, 0.6) is 11.5 Å². The average Bonchev–Trinajstić information content (AvgIpc) is 3.68. The Hall–Kier alpha value is -5.28. The molecule has 0 spiro atoms. The van der Waals surface area contributed by atoms with Crippen molar-refractivity contribution in [2.75, 3.05) is 26.3 Å². The van der Waals surface area contributed by atoms with E-state index in [9.17, 15) is 25.4 Å². The first-order chi connectivity index (χ1) is 27.0. The third kappa shape index (κ3) is 9.05. The summed E-state index contributed by atoms with van der Waals surface area (Å²) in [5.74, 6) is -0.435. The third-order valence-corrected chi connectivity index (χ3v) is 11.0. The first-order valence-electron chi connectivity index (χ1n) is 18.7. The van der Waals surface area contributed by atoms with Crippen molar-refractivity contribution >= 4 is 17.6 Å². The van der Waals surface area contributed by atoms with Crippen LogP contribution in [-0.4, -0.2) is 63.0 Å². The molecule has 10 nitrogen and oxygen atoms in total. The Morgan fingerprint density at radius 1 is 0.946 bits per heavy atom. The first kappa shape index (κ1) is 40.4. The number of aliphatic hydroxyl groups is 2. The smallest absolute Gasteiger partial charge is 0.326 e. The van der Waals surface area contributed by atoms with Crippen LogP contribution < -0.4 is 14.8 Å². The highest BCUT2D eigenvalue weighted by Gasteiger charge is 2.32. The Kier molecular flexibility index (Phi) is 13.1. The summed E-state index contributed by atoms with van der Waals surface area (Å²) in [6.07, 6.45) is 5.32. The zero-order valence-corrected chi connectivity index (χ0v) is 32.6. The summed E-state index contributed by atoms with van der Waals surface area (Å²) >= 11 is 6.77. The number of benzene rings is 4. The number of aliphatic hydroxyl groups excluding tert-OH is 2. The second-order valence-electron chi connectivity index (χ2n) is 14.4. The van der Waals surface area contributed by atoms with Crippen LogP contribution in [0.1, 0.15) is 64.8 Å². The number of rotatable bonds is 16. The van der Waals surface area contributed by atoms with Gasteiger partial charge in [-0.25, -0.2) is 0 Å². The molecule has 5 aromatic rings. The number of carboxylic acid groups (broad SMARTS) is 1. The van der Waals surface area contributed by atoms with Gasteiger partial charge in [0, 0.05) is 48.7 Å². The number of hydrogen-bond acceptors (Lipinski definition) is 9. The summed E-state index contributed by atoms with van der Waals surface area (Å²) in [5.41, 5.74) is 9.09. The maximum Gasteiger partial charge on any atom is 0.326 e. The summed E-state index contributed by atoms with van der Waals surface area (Å²) in [4.78, 5) is 18.3. The predicted molar refractivity (Wildman–Crippen MR) is 216 cm³/mol.